The molecule has 0 spiro atoms. The van der Waals surface area contributed by atoms with Crippen molar-refractivity contribution < 1.29 is 9.50 Å². The maximum absolute atomic E-state index is 13.7. The summed E-state index contributed by atoms with van der Waals surface area (Å²) < 4.78 is 13.7. The van der Waals surface area contributed by atoms with E-state index < -0.39 is 0 Å². The Morgan fingerprint density at radius 1 is 1.00 bits per heavy atom. The Morgan fingerprint density at radius 2 is 1.63 bits per heavy atom. The molecule has 0 saturated carbocycles. The first kappa shape index (κ1) is 13.8. The van der Waals surface area contributed by atoms with Crippen molar-refractivity contribution in [3.05, 3.63) is 71.0 Å². The third kappa shape index (κ3) is 3.42. The van der Waals surface area contributed by atoms with Gasteiger partial charge in [-0.3, -0.25) is 0 Å². The van der Waals surface area contributed by atoms with Gasteiger partial charge in [-0.1, -0.05) is 49.4 Å². The molecule has 1 unspecified atom stereocenters. The number of aliphatic hydroxyl groups is 1. The monoisotopic (exact) mass is 258 g/mol. The number of benzene rings is 2. The molecule has 1 N–H and O–H groups in total. The Hall–Kier alpha value is -1.67. The van der Waals surface area contributed by atoms with Crippen LogP contribution in [0.2, 0.25) is 0 Å². The summed E-state index contributed by atoms with van der Waals surface area (Å²) in [5.41, 5.74) is 3.00. The minimum atomic E-state index is -0.244. The molecule has 0 aliphatic carbocycles. The molecule has 0 bridgehead atoms. The van der Waals surface area contributed by atoms with Gasteiger partial charge in [0.25, 0.3) is 0 Å². The van der Waals surface area contributed by atoms with Crippen molar-refractivity contribution in [2.75, 3.05) is 6.61 Å². The second-order valence-electron chi connectivity index (χ2n) is 4.78. The molecule has 0 aliphatic heterocycles. The minimum Gasteiger partial charge on any atom is -0.396 e. The van der Waals surface area contributed by atoms with E-state index in [0.29, 0.717) is 12.0 Å². The van der Waals surface area contributed by atoms with Crippen LogP contribution in [0.3, 0.4) is 0 Å². The molecule has 0 saturated heterocycles. The van der Waals surface area contributed by atoms with Gasteiger partial charge < -0.3 is 5.11 Å². The van der Waals surface area contributed by atoms with Crippen LogP contribution in [0.15, 0.2) is 48.5 Å². The Bertz CT molecular complexity index is 519. The van der Waals surface area contributed by atoms with Crippen molar-refractivity contribution in [1.29, 1.82) is 0 Å². The number of aliphatic hydroxyl groups excluding tert-OH is 1. The van der Waals surface area contributed by atoms with Gasteiger partial charge in [-0.25, -0.2) is 4.39 Å². The molecule has 100 valence electrons. The zero-order chi connectivity index (χ0) is 13.7. The largest absolute Gasteiger partial charge is 0.396 e. The van der Waals surface area contributed by atoms with Crippen LogP contribution in [-0.4, -0.2) is 11.7 Å². The van der Waals surface area contributed by atoms with Gasteiger partial charge in [0, 0.05) is 5.92 Å². The van der Waals surface area contributed by atoms with E-state index in [2.05, 4.69) is 31.2 Å². The van der Waals surface area contributed by atoms with Crippen LogP contribution in [0.4, 0.5) is 4.39 Å². The van der Waals surface area contributed by atoms with Crippen LogP contribution in [0, 0.1) is 5.82 Å². The summed E-state index contributed by atoms with van der Waals surface area (Å²) in [7, 11) is 0. The molecule has 0 heterocycles. The molecule has 0 aliphatic rings. The van der Waals surface area contributed by atoms with Crippen LogP contribution in [0.25, 0.3) is 0 Å². The third-order valence-corrected chi connectivity index (χ3v) is 3.48. The van der Waals surface area contributed by atoms with Crippen molar-refractivity contribution in [2.45, 2.75) is 25.7 Å². The van der Waals surface area contributed by atoms with Gasteiger partial charge in [-0.2, -0.15) is 0 Å². The van der Waals surface area contributed by atoms with Gasteiger partial charge in [-0.05, 0) is 35.6 Å². The Labute approximate surface area is 113 Å². The molecule has 0 fully saturated rings. The highest BCUT2D eigenvalue weighted by Crippen LogP contribution is 2.23. The van der Waals surface area contributed by atoms with Crippen molar-refractivity contribution in [3.8, 4) is 0 Å². The Balaban J connectivity index is 2.17. The molecular weight excluding hydrogens is 239 g/mol. The Morgan fingerprint density at radius 3 is 2.21 bits per heavy atom. The van der Waals surface area contributed by atoms with Crippen LogP contribution in [0.1, 0.15) is 29.5 Å². The number of hydrogen-bond acceptors (Lipinski definition) is 1. The van der Waals surface area contributed by atoms with Crippen LogP contribution >= 0.6 is 0 Å². The van der Waals surface area contributed by atoms with Gasteiger partial charge in [0.1, 0.15) is 5.82 Å². The molecule has 2 aromatic rings. The highest BCUT2D eigenvalue weighted by atomic mass is 19.1. The van der Waals surface area contributed by atoms with E-state index in [9.17, 15) is 9.50 Å². The van der Waals surface area contributed by atoms with Gasteiger partial charge >= 0.3 is 0 Å². The number of aryl methyl sites for hydroxylation is 1. The van der Waals surface area contributed by atoms with Gasteiger partial charge in [0.05, 0.1) is 6.61 Å². The predicted molar refractivity (Wildman–Crippen MR) is 75.8 cm³/mol. The normalized spacial score (nSPS) is 12.4. The lowest BCUT2D eigenvalue weighted by atomic mass is 9.92. The summed E-state index contributed by atoms with van der Waals surface area (Å²) in [6, 6.07) is 15.0. The summed E-state index contributed by atoms with van der Waals surface area (Å²) in [5.74, 6) is -0.430. The fourth-order valence-corrected chi connectivity index (χ4v) is 2.27. The van der Waals surface area contributed by atoms with Crippen molar-refractivity contribution >= 4 is 0 Å². The molecule has 2 rings (SSSR count). The summed E-state index contributed by atoms with van der Waals surface area (Å²) in [6.45, 7) is 2.07. The molecule has 0 aromatic heterocycles. The molecule has 0 radical (unpaired) electrons. The van der Waals surface area contributed by atoms with E-state index in [1.54, 1.807) is 18.2 Å². The first-order chi connectivity index (χ1) is 9.24. The lowest BCUT2D eigenvalue weighted by Gasteiger charge is -2.15. The SMILES string of the molecule is CCc1ccc(CC(CO)c2ccccc2F)cc1. The predicted octanol–water partition coefficient (Wildman–Crippen LogP) is 3.71. The fourth-order valence-electron chi connectivity index (χ4n) is 2.27. The van der Waals surface area contributed by atoms with E-state index in [0.717, 1.165) is 12.0 Å². The highest BCUT2D eigenvalue weighted by molar-refractivity contribution is 5.27. The maximum atomic E-state index is 13.7. The smallest absolute Gasteiger partial charge is 0.126 e. The molecule has 0 amide bonds. The van der Waals surface area contributed by atoms with Crippen LogP contribution in [0.5, 0.6) is 0 Å². The lowest BCUT2D eigenvalue weighted by Crippen LogP contribution is -2.09. The van der Waals surface area contributed by atoms with E-state index >= 15 is 0 Å². The highest BCUT2D eigenvalue weighted by Gasteiger charge is 2.15. The summed E-state index contributed by atoms with van der Waals surface area (Å²) >= 11 is 0. The standard InChI is InChI=1S/C17H19FO/c1-2-13-7-9-14(10-8-13)11-15(12-19)16-5-3-4-6-17(16)18/h3-10,15,19H,2,11-12H2,1H3. The number of rotatable bonds is 5. The summed E-state index contributed by atoms with van der Waals surface area (Å²) in [4.78, 5) is 0. The van der Waals surface area contributed by atoms with Crippen LogP contribution < -0.4 is 0 Å². The molecule has 2 heteroatoms. The first-order valence-corrected chi connectivity index (χ1v) is 6.67. The molecular formula is C17H19FO. The zero-order valence-electron chi connectivity index (χ0n) is 11.1. The van der Waals surface area contributed by atoms with E-state index in [4.69, 9.17) is 0 Å². The second kappa shape index (κ2) is 6.48. The van der Waals surface area contributed by atoms with Gasteiger partial charge in [0.15, 0.2) is 0 Å². The lowest BCUT2D eigenvalue weighted by molar-refractivity contribution is 0.261. The van der Waals surface area contributed by atoms with Crippen LogP contribution in [-0.2, 0) is 12.8 Å². The number of halogens is 1. The fraction of sp³-hybridized carbons (Fsp3) is 0.294. The topological polar surface area (TPSA) is 20.2 Å². The van der Waals surface area contributed by atoms with Crippen molar-refractivity contribution in [2.24, 2.45) is 0 Å². The van der Waals surface area contributed by atoms with E-state index in [1.165, 1.54) is 11.6 Å². The van der Waals surface area contributed by atoms with Crippen molar-refractivity contribution in [3.63, 3.8) is 0 Å². The summed E-state index contributed by atoms with van der Waals surface area (Å²) in [5, 5.41) is 9.50. The molecule has 2 aromatic carbocycles. The quantitative estimate of drug-likeness (QED) is 0.867. The Kier molecular flexibility index (Phi) is 4.69. The molecule has 19 heavy (non-hydrogen) atoms. The average molecular weight is 258 g/mol. The summed E-state index contributed by atoms with van der Waals surface area (Å²) in [6.07, 6.45) is 1.67. The first-order valence-electron chi connectivity index (χ1n) is 6.67. The minimum absolute atomic E-state index is 0.0452. The van der Waals surface area contributed by atoms with Gasteiger partial charge in [-0.15, -0.1) is 0 Å². The zero-order valence-corrected chi connectivity index (χ0v) is 11.1. The van der Waals surface area contributed by atoms with Gasteiger partial charge in [0.2, 0.25) is 0 Å². The molecule has 1 atom stereocenters. The third-order valence-electron chi connectivity index (χ3n) is 3.48. The average Bonchev–Trinajstić information content (AvgIpc) is 2.46. The van der Waals surface area contributed by atoms with Crippen molar-refractivity contribution in [1.82, 2.24) is 0 Å². The second-order valence-corrected chi connectivity index (χ2v) is 4.78. The van der Waals surface area contributed by atoms with E-state index in [1.807, 2.05) is 0 Å². The molecule has 1 nitrogen and oxygen atoms in total. The maximum Gasteiger partial charge on any atom is 0.126 e. The number of hydrogen-bond donors (Lipinski definition) is 1. The van der Waals surface area contributed by atoms with E-state index in [-0.39, 0.29) is 18.3 Å².